The number of nitrogens with zero attached hydrogens (tertiary/aromatic N) is 3. The maximum Gasteiger partial charge on any atom is 0.273 e. The monoisotopic (exact) mass is 336 g/mol. The Bertz CT molecular complexity index is 559. The highest BCUT2D eigenvalue weighted by atomic mass is 16.6. The number of piperazine rings is 1. The van der Waals surface area contributed by atoms with Gasteiger partial charge in [-0.2, -0.15) is 0 Å². The molecule has 1 saturated heterocycles. The fraction of sp³-hybridized carbons (Fsp3) is 0.562. The van der Waals surface area contributed by atoms with Crippen LogP contribution >= 0.6 is 0 Å². The Morgan fingerprint density at radius 3 is 2.67 bits per heavy atom. The first kappa shape index (κ1) is 18.2. The number of amides is 1. The van der Waals surface area contributed by atoms with Crippen LogP contribution in [0.1, 0.15) is 6.92 Å². The van der Waals surface area contributed by atoms with Crippen LogP contribution < -0.4 is 10.1 Å². The van der Waals surface area contributed by atoms with E-state index in [-0.39, 0.29) is 11.6 Å². The molecule has 0 unspecified atom stereocenters. The summed E-state index contributed by atoms with van der Waals surface area (Å²) >= 11 is 0. The zero-order valence-corrected chi connectivity index (χ0v) is 13.9. The van der Waals surface area contributed by atoms with Gasteiger partial charge in [0.05, 0.1) is 17.5 Å². The van der Waals surface area contributed by atoms with Crippen LogP contribution in [-0.2, 0) is 4.79 Å². The summed E-state index contributed by atoms with van der Waals surface area (Å²) in [6.07, 6.45) is 0. The lowest BCUT2D eigenvalue weighted by atomic mass is 10.3. The van der Waals surface area contributed by atoms with Crippen LogP contribution in [0.15, 0.2) is 24.3 Å². The van der Waals surface area contributed by atoms with E-state index >= 15 is 0 Å². The number of carbonyl (C=O) groups excluding carboxylic acids is 1. The van der Waals surface area contributed by atoms with Crippen LogP contribution in [0.5, 0.6) is 5.75 Å². The molecule has 1 amide bonds. The molecule has 0 atom stereocenters. The maximum atomic E-state index is 11.6. The van der Waals surface area contributed by atoms with Crippen molar-refractivity contribution >= 4 is 11.6 Å². The first-order valence-electron chi connectivity index (χ1n) is 8.17. The molecule has 1 aliphatic heterocycles. The van der Waals surface area contributed by atoms with Gasteiger partial charge in [-0.3, -0.25) is 24.7 Å². The molecule has 8 nitrogen and oxygen atoms in total. The largest absolute Gasteiger partial charge is 0.492 e. The van der Waals surface area contributed by atoms with Crippen molar-refractivity contribution in [2.45, 2.75) is 6.92 Å². The fourth-order valence-corrected chi connectivity index (χ4v) is 2.61. The summed E-state index contributed by atoms with van der Waals surface area (Å²) in [6, 6.07) is 6.22. The third kappa shape index (κ3) is 5.78. The van der Waals surface area contributed by atoms with E-state index in [0.717, 1.165) is 32.7 Å². The van der Waals surface area contributed by atoms with Gasteiger partial charge in [0.15, 0.2) is 0 Å². The molecular formula is C16H24N4O4. The average molecular weight is 336 g/mol. The Morgan fingerprint density at radius 2 is 2.00 bits per heavy atom. The maximum absolute atomic E-state index is 11.6. The molecule has 0 spiro atoms. The molecule has 0 bridgehead atoms. The van der Waals surface area contributed by atoms with Crippen LogP contribution in [-0.4, -0.2) is 73.1 Å². The second-order valence-electron chi connectivity index (χ2n) is 5.67. The molecule has 132 valence electrons. The predicted octanol–water partition coefficient (Wildman–Crippen LogP) is 0.727. The highest BCUT2D eigenvalue weighted by Crippen LogP contribution is 2.18. The molecule has 0 saturated carbocycles. The van der Waals surface area contributed by atoms with Crippen molar-refractivity contribution in [2.24, 2.45) is 0 Å². The van der Waals surface area contributed by atoms with E-state index in [9.17, 15) is 14.9 Å². The molecule has 1 fully saturated rings. The molecule has 0 radical (unpaired) electrons. The van der Waals surface area contributed by atoms with E-state index in [4.69, 9.17) is 4.74 Å². The standard InChI is InChI=1S/C16H24N4O4/c1-2-17-16(21)13-19-8-6-18(7-9-19)10-11-24-15-5-3-4-14(12-15)20(22)23/h3-5,12H,2,6-11,13H2,1H3,(H,17,21). The van der Waals surface area contributed by atoms with Gasteiger partial charge < -0.3 is 10.1 Å². The number of rotatable bonds is 8. The molecule has 1 N–H and O–H groups in total. The number of benzene rings is 1. The smallest absolute Gasteiger partial charge is 0.273 e. The zero-order chi connectivity index (χ0) is 17.4. The normalized spacial score (nSPS) is 15.9. The molecule has 0 aromatic heterocycles. The van der Waals surface area contributed by atoms with Crippen LogP contribution in [0.25, 0.3) is 0 Å². The molecule has 8 heteroatoms. The molecule has 1 heterocycles. The number of nitro benzene ring substituents is 1. The first-order chi connectivity index (χ1) is 11.6. The summed E-state index contributed by atoms with van der Waals surface area (Å²) in [5.41, 5.74) is 0.0338. The van der Waals surface area contributed by atoms with Crippen molar-refractivity contribution in [3.8, 4) is 5.75 Å². The van der Waals surface area contributed by atoms with E-state index in [1.165, 1.54) is 12.1 Å². The van der Waals surface area contributed by atoms with Crippen LogP contribution in [0, 0.1) is 10.1 Å². The summed E-state index contributed by atoms with van der Waals surface area (Å²) < 4.78 is 5.60. The van der Waals surface area contributed by atoms with Crippen LogP contribution in [0.4, 0.5) is 5.69 Å². The Labute approximate surface area is 141 Å². The van der Waals surface area contributed by atoms with Crippen molar-refractivity contribution in [1.29, 1.82) is 0 Å². The van der Waals surface area contributed by atoms with Crippen molar-refractivity contribution in [1.82, 2.24) is 15.1 Å². The third-order valence-corrected chi connectivity index (χ3v) is 3.91. The molecule has 1 aromatic carbocycles. The van der Waals surface area contributed by atoms with Gasteiger partial charge in [-0.15, -0.1) is 0 Å². The highest BCUT2D eigenvalue weighted by molar-refractivity contribution is 5.77. The van der Waals surface area contributed by atoms with Gasteiger partial charge in [0, 0.05) is 45.3 Å². The quantitative estimate of drug-likeness (QED) is 0.556. The summed E-state index contributed by atoms with van der Waals surface area (Å²) in [6.45, 7) is 7.75. The lowest BCUT2D eigenvalue weighted by Gasteiger charge is -2.34. The number of hydrogen-bond donors (Lipinski definition) is 1. The Balaban J connectivity index is 1.67. The Morgan fingerprint density at radius 1 is 1.29 bits per heavy atom. The minimum atomic E-state index is -0.430. The number of nitro groups is 1. The molecule has 1 aliphatic rings. The number of ether oxygens (including phenoxy) is 1. The van der Waals surface area contributed by atoms with Crippen LogP contribution in [0.3, 0.4) is 0 Å². The minimum Gasteiger partial charge on any atom is -0.492 e. The Hall–Kier alpha value is -2.19. The lowest BCUT2D eigenvalue weighted by Crippen LogP contribution is -2.50. The van der Waals surface area contributed by atoms with Gasteiger partial charge in [-0.1, -0.05) is 6.07 Å². The molecule has 0 aliphatic carbocycles. The lowest BCUT2D eigenvalue weighted by molar-refractivity contribution is -0.384. The van der Waals surface area contributed by atoms with Gasteiger partial charge in [-0.25, -0.2) is 0 Å². The van der Waals surface area contributed by atoms with E-state index in [1.54, 1.807) is 12.1 Å². The van der Waals surface area contributed by atoms with E-state index in [2.05, 4.69) is 15.1 Å². The highest BCUT2D eigenvalue weighted by Gasteiger charge is 2.18. The topological polar surface area (TPSA) is 88.0 Å². The third-order valence-electron chi connectivity index (χ3n) is 3.91. The van der Waals surface area contributed by atoms with Crippen molar-refractivity contribution in [3.05, 3.63) is 34.4 Å². The SMILES string of the molecule is CCNC(=O)CN1CCN(CCOc2cccc([N+](=O)[O-])c2)CC1. The molecule has 1 aromatic rings. The van der Waals surface area contributed by atoms with Gasteiger partial charge in [0.1, 0.15) is 12.4 Å². The van der Waals surface area contributed by atoms with Gasteiger partial charge >= 0.3 is 0 Å². The average Bonchev–Trinajstić information content (AvgIpc) is 2.57. The van der Waals surface area contributed by atoms with E-state index in [0.29, 0.717) is 25.4 Å². The number of carbonyl (C=O) groups is 1. The number of hydrogen-bond acceptors (Lipinski definition) is 6. The van der Waals surface area contributed by atoms with Crippen molar-refractivity contribution in [2.75, 3.05) is 52.4 Å². The zero-order valence-electron chi connectivity index (χ0n) is 13.9. The second kappa shape index (κ2) is 9.19. The Kier molecular flexibility index (Phi) is 6.95. The van der Waals surface area contributed by atoms with Crippen molar-refractivity contribution < 1.29 is 14.5 Å². The fourth-order valence-electron chi connectivity index (χ4n) is 2.61. The van der Waals surface area contributed by atoms with Gasteiger partial charge in [0.2, 0.25) is 5.91 Å². The second-order valence-corrected chi connectivity index (χ2v) is 5.67. The predicted molar refractivity (Wildman–Crippen MR) is 90.2 cm³/mol. The summed E-state index contributed by atoms with van der Waals surface area (Å²) in [5, 5.41) is 13.5. The summed E-state index contributed by atoms with van der Waals surface area (Å²) in [7, 11) is 0. The molecule has 24 heavy (non-hydrogen) atoms. The van der Waals surface area contributed by atoms with Crippen molar-refractivity contribution in [3.63, 3.8) is 0 Å². The summed E-state index contributed by atoms with van der Waals surface area (Å²) in [5.74, 6) is 0.582. The van der Waals surface area contributed by atoms with E-state index < -0.39 is 4.92 Å². The van der Waals surface area contributed by atoms with Gasteiger partial charge in [0.25, 0.3) is 5.69 Å². The number of non-ortho nitro benzene ring substituents is 1. The van der Waals surface area contributed by atoms with Crippen LogP contribution in [0.2, 0.25) is 0 Å². The molecule has 2 rings (SSSR count). The number of nitrogens with one attached hydrogen (secondary N) is 1. The summed E-state index contributed by atoms with van der Waals surface area (Å²) in [4.78, 5) is 26.3. The first-order valence-corrected chi connectivity index (χ1v) is 8.17. The van der Waals surface area contributed by atoms with Gasteiger partial charge in [-0.05, 0) is 13.0 Å². The molecular weight excluding hydrogens is 312 g/mol. The van der Waals surface area contributed by atoms with E-state index in [1.807, 2.05) is 6.92 Å². The minimum absolute atomic E-state index is 0.0338. The number of likely N-dealkylation sites (N-methyl/N-ethyl adjacent to an activating group) is 1.